The molecule has 1 N–H and O–H groups in total. The lowest BCUT2D eigenvalue weighted by molar-refractivity contribution is -0.137. The Morgan fingerprint density at radius 3 is 2.21 bits per heavy atom. The molecule has 6 nitrogen and oxygen atoms in total. The van der Waals surface area contributed by atoms with Gasteiger partial charge in [0.15, 0.2) is 13.6 Å². The largest absolute Gasteiger partial charge is 0.507 e. The molecule has 0 bridgehead atoms. The number of carbonyl (C=O) groups is 1. The summed E-state index contributed by atoms with van der Waals surface area (Å²) in [5.41, 5.74) is -0.308. The van der Waals surface area contributed by atoms with Gasteiger partial charge < -0.3 is 24.1 Å². The number of phenolic OH excluding ortho intramolecular Hbond substituents is 1. The normalized spacial score (nSPS) is 12.0. The Morgan fingerprint density at radius 2 is 1.66 bits per heavy atom. The van der Waals surface area contributed by atoms with E-state index >= 15 is 0 Å². The number of halogens is 3. The number of hydrogen-bond donors (Lipinski definition) is 1. The Bertz CT molecular complexity index is 860. The van der Waals surface area contributed by atoms with Crippen LogP contribution in [0, 0.1) is 0 Å². The number of benzene rings is 2. The molecule has 0 saturated carbocycles. The summed E-state index contributed by atoms with van der Waals surface area (Å²) in [7, 11) is 2.81. The van der Waals surface area contributed by atoms with E-state index in [0.29, 0.717) is 6.29 Å². The molecule has 0 atom stereocenters. The van der Waals surface area contributed by atoms with Gasteiger partial charge in [-0.3, -0.25) is 4.79 Å². The van der Waals surface area contributed by atoms with Gasteiger partial charge in [-0.25, -0.2) is 0 Å². The lowest BCUT2D eigenvalue weighted by Crippen LogP contribution is -2.06. The van der Waals surface area contributed by atoms with Crippen LogP contribution in [0.4, 0.5) is 13.2 Å². The maximum atomic E-state index is 12.8. The minimum absolute atomic E-state index is 0.0849. The summed E-state index contributed by atoms with van der Waals surface area (Å²) < 4.78 is 59.0. The molecule has 0 unspecified atom stereocenters. The topological polar surface area (TPSA) is 74.2 Å². The van der Waals surface area contributed by atoms with Crippen molar-refractivity contribution in [3.8, 4) is 17.2 Å². The molecule has 2 aromatic rings. The van der Waals surface area contributed by atoms with E-state index in [0.717, 1.165) is 18.2 Å². The van der Waals surface area contributed by atoms with Crippen LogP contribution in [-0.2, 0) is 20.4 Å². The number of hydrogen-bond acceptors (Lipinski definition) is 6. The zero-order valence-electron chi connectivity index (χ0n) is 15.7. The summed E-state index contributed by atoms with van der Waals surface area (Å²) in [4.78, 5) is 11.2. The predicted molar refractivity (Wildman–Crippen MR) is 97.7 cm³/mol. The SMILES string of the molecule is COCOc1cc(O)c(C(=CC=O)c2ccc(C(F)(F)F)cc2)c(OCOC)c1. The van der Waals surface area contributed by atoms with Crippen LogP contribution < -0.4 is 9.47 Å². The summed E-state index contributed by atoms with van der Waals surface area (Å²) in [6.45, 7) is -0.264. The highest BCUT2D eigenvalue weighted by molar-refractivity contribution is 5.93. The maximum absolute atomic E-state index is 12.8. The van der Waals surface area contributed by atoms with Crippen LogP contribution in [0.15, 0.2) is 42.5 Å². The minimum atomic E-state index is -4.50. The van der Waals surface area contributed by atoms with Gasteiger partial charge in [0.2, 0.25) is 0 Å². The van der Waals surface area contributed by atoms with Gasteiger partial charge in [0, 0.05) is 26.4 Å². The summed E-state index contributed by atoms with van der Waals surface area (Å²) in [5, 5.41) is 10.5. The van der Waals surface area contributed by atoms with E-state index in [1.807, 2.05) is 0 Å². The maximum Gasteiger partial charge on any atom is 0.416 e. The average Bonchev–Trinajstić information content (AvgIpc) is 2.68. The summed E-state index contributed by atoms with van der Waals surface area (Å²) >= 11 is 0. The van der Waals surface area contributed by atoms with Gasteiger partial charge >= 0.3 is 6.18 Å². The fourth-order valence-corrected chi connectivity index (χ4v) is 2.52. The van der Waals surface area contributed by atoms with E-state index in [4.69, 9.17) is 18.9 Å². The molecule has 156 valence electrons. The molecule has 29 heavy (non-hydrogen) atoms. The van der Waals surface area contributed by atoms with Gasteiger partial charge in [-0.15, -0.1) is 0 Å². The molecule has 0 spiro atoms. The van der Waals surface area contributed by atoms with Crippen LogP contribution >= 0.6 is 0 Å². The molecule has 2 aromatic carbocycles. The number of alkyl halides is 3. The number of allylic oxidation sites excluding steroid dienone is 1. The molecule has 9 heteroatoms. The molecule has 0 radical (unpaired) electrons. The Hall–Kier alpha value is -3.04. The van der Waals surface area contributed by atoms with Gasteiger partial charge in [-0.1, -0.05) is 12.1 Å². The number of methoxy groups -OCH3 is 2. The van der Waals surface area contributed by atoms with Crippen molar-refractivity contribution in [2.45, 2.75) is 6.18 Å². The third kappa shape index (κ3) is 5.72. The molecule has 0 aliphatic heterocycles. The second-order valence-corrected chi connectivity index (χ2v) is 5.71. The standard InChI is InChI=1S/C20H19F3O6/c1-26-11-28-15-9-17(25)19(18(10-15)29-12-27-2)16(7-8-24)13-3-5-14(6-4-13)20(21,22)23/h3-10,25H,11-12H2,1-2H3. The highest BCUT2D eigenvalue weighted by Crippen LogP contribution is 2.41. The fraction of sp³-hybridized carbons (Fsp3) is 0.250. The smallest absolute Gasteiger partial charge is 0.416 e. The summed E-state index contributed by atoms with van der Waals surface area (Å²) in [6.07, 6.45) is -2.92. The summed E-state index contributed by atoms with van der Waals surface area (Å²) in [6, 6.07) is 6.89. The monoisotopic (exact) mass is 412 g/mol. The fourth-order valence-electron chi connectivity index (χ4n) is 2.52. The number of aldehydes is 1. The molecule has 0 amide bonds. The highest BCUT2D eigenvalue weighted by Gasteiger charge is 2.30. The number of phenols is 1. The lowest BCUT2D eigenvalue weighted by atomic mass is 9.95. The van der Waals surface area contributed by atoms with Gasteiger partial charge in [-0.05, 0) is 29.3 Å². The number of ether oxygens (including phenoxy) is 4. The first-order chi connectivity index (χ1) is 13.8. The third-order valence-electron chi connectivity index (χ3n) is 3.76. The van der Waals surface area contributed by atoms with Gasteiger partial charge in [-0.2, -0.15) is 13.2 Å². The van der Waals surface area contributed by atoms with Crippen molar-refractivity contribution in [3.63, 3.8) is 0 Å². The zero-order valence-corrected chi connectivity index (χ0v) is 15.7. The molecule has 0 saturated heterocycles. The van der Waals surface area contributed by atoms with Crippen LogP contribution in [0.3, 0.4) is 0 Å². The zero-order chi connectivity index (χ0) is 21.4. The first kappa shape index (κ1) is 22.3. The second kappa shape index (κ2) is 9.94. The molecule has 0 heterocycles. The van der Waals surface area contributed by atoms with Gasteiger partial charge in [0.05, 0.1) is 11.1 Å². The molecule has 0 aliphatic carbocycles. The summed E-state index contributed by atoms with van der Waals surface area (Å²) in [5.74, 6) is 0.0146. The van der Waals surface area contributed by atoms with Crippen LogP contribution in [0.1, 0.15) is 16.7 Å². The van der Waals surface area contributed by atoms with Crippen molar-refractivity contribution in [1.29, 1.82) is 0 Å². The molecule has 0 aromatic heterocycles. The molecule has 0 fully saturated rings. The quantitative estimate of drug-likeness (QED) is 0.381. The molecule has 2 rings (SSSR count). The minimum Gasteiger partial charge on any atom is -0.507 e. The Labute approximate surface area is 165 Å². The van der Waals surface area contributed by atoms with Gasteiger partial charge in [0.1, 0.15) is 23.5 Å². The number of rotatable bonds is 9. The van der Waals surface area contributed by atoms with Crippen molar-refractivity contribution >= 4 is 11.9 Å². The Morgan fingerprint density at radius 1 is 1.03 bits per heavy atom. The molecule has 0 aliphatic rings. The van der Waals surface area contributed by atoms with Crippen molar-refractivity contribution in [2.75, 3.05) is 27.8 Å². The average molecular weight is 412 g/mol. The van der Waals surface area contributed by atoms with Crippen LogP contribution in [0.25, 0.3) is 5.57 Å². The van der Waals surface area contributed by atoms with E-state index in [2.05, 4.69) is 0 Å². The molecular formula is C20H19F3O6. The van der Waals surface area contributed by atoms with Crippen molar-refractivity contribution in [1.82, 2.24) is 0 Å². The van der Waals surface area contributed by atoms with E-state index in [1.165, 1.54) is 38.5 Å². The third-order valence-corrected chi connectivity index (χ3v) is 3.76. The van der Waals surface area contributed by atoms with Crippen LogP contribution in [0.5, 0.6) is 17.2 Å². The van der Waals surface area contributed by atoms with Crippen molar-refractivity contribution in [2.24, 2.45) is 0 Å². The van der Waals surface area contributed by atoms with Crippen LogP contribution in [-0.4, -0.2) is 39.2 Å². The van der Waals surface area contributed by atoms with E-state index in [1.54, 1.807) is 0 Å². The van der Waals surface area contributed by atoms with E-state index in [-0.39, 0.29) is 47.5 Å². The lowest BCUT2D eigenvalue weighted by Gasteiger charge is -2.17. The predicted octanol–water partition coefficient (Wildman–Crippen LogP) is 4.01. The van der Waals surface area contributed by atoms with Crippen LogP contribution in [0.2, 0.25) is 0 Å². The first-order valence-corrected chi connectivity index (χ1v) is 8.25. The van der Waals surface area contributed by atoms with Crippen molar-refractivity contribution in [3.05, 3.63) is 59.2 Å². The first-order valence-electron chi connectivity index (χ1n) is 8.25. The Kier molecular flexibility index (Phi) is 7.63. The number of aromatic hydroxyl groups is 1. The van der Waals surface area contributed by atoms with E-state index < -0.39 is 11.7 Å². The van der Waals surface area contributed by atoms with Crippen molar-refractivity contribution < 1.29 is 42.0 Å². The molecular weight excluding hydrogens is 393 g/mol. The second-order valence-electron chi connectivity index (χ2n) is 5.71. The Balaban J connectivity index is 2.56. The highest BCUT2D eigenvalue weighted by atomic mass is 19.4. The van der Waals surface area contributed by atoms with Gasteiger partial charge in [0.25, 0.3) is 0 Å². The van der Waals surface area contributed by atoms with E-state index in [9.17, 15) is 23.1 Å². The number of carbonyl (C=O) groups excluding carboxylic acids is 1.